The van der Waals surface area contributed by atoms with Gasteiger partial charge in [-0.1, -0.05) is 37.5 Å². The summed E-state index contributed by atoms with van der Waals surface area (Å²) in [6.07, 6.45) is 5.94. The molecular weight excluding hydrogens is 440 g/mol. The molecule has 0 spiro atoms. The fourth-order valence-corrected chi connectivity index (χ4v) is 5.43. The van der Waals surface area contributed by atoms with Gasteiger partial charge in [0.05, 0.1) is 25.2 Å². The van der Waals surface area contributed by atoms with Crippen LogP contribution in [0.5, 0.6) is 11.5 Å². The summed E-state index contributed by atoms with van der Waals surface area (Å²) in [6, 6.07) is 12.2. The minimum atomic E-state index is -3.51. The molecule has 1 saturated carbocycles. The van der Waals surface area contributed by atoms with Gasteiger partial charge < -0.3 is 14.8 Å². The van der Waals surface area contributed by atoms with E-state index in [0.29, 0.717) is 24.3 Å². The average Bonchev–Trinajstić information content (AvgIpc) is 2.82. The zero-order valence-corrected chi connectivity index (χ0v) is 20.4. The molecule has 2 aromatic carbocycles. The highest BCUT2D eigenvalue weighted by Crippen LogP contribution is 2.30. The molecule has 7 nitrogen and oxygen atoms in total. The van der Waals surface area contributed by atoms with Crippen LogP contribution in [0.4, 0.5) is 0 Å². The van der Waals surface area contributed by atoms with Gasteiger partial charge in [0.25, 0.3) is 0 Å². The molecule has 0 radical (unpaired) electrons. The van der Waals surface area contributed by atoms with Crippen molar-refractivity contribution in [3.8, 4) is 11.5 Å². The molecule has 0 saturated heterocycles. The van der Waals surface area contributed by atoms with Crippen molar-refractivity contribution in [2.45, 2.75) is 68.8 Å². The second-order valence-electron chi connectivity index (χ2n) is 8.50. The average molecular weight is 475 g/mol. The minimum Gasteiger partial charge on any atom is -0.493 e. The molecule has 0 heterocycles. The fraction of sp³-hybridized carbons (Fsp3) is 0.480. The molecule has 1 aliphatic carbocycles. The van der Waals surface area contributed by atoms with E-state index < -0.39 is 10.0 Å². The van der Waals surface area contributed by atoms with E-state index in [9.17, 15) is 13.2 Å². The third-order valence-corrected chi connectivity index (χ3v) is 7.62. The summed E-state index contributed by atoms with van der Waals surface area (Å²) < 4.78 is 38.7. The first-order valence-corrected chi connectivity index (χ1v) is 12.9. The Labute approximate surface area is 196 Å². The van der Waals surface area contributed by atoms with Crippen molar-refractivity contribution in [3.63, 3.8) is 0 Å². The highest BCUT2D eigenvalue weighted by Gasteiger charge is 2.21. The summed E-state index contributed by atoms with van der Waals surface area (Å²) in [5, 5.41) is 3.00. The van der Waals surface area contributed by atoms with Crippen LogP contribution in [0, 0.1) is 0 Å². The number of carbonyl (C=O) groups is 1. The Morgan fingerprint density at radius 2 is 1.67 bits per heavy atom. The zero-order valence-electron chi connectivity index (χ0n) is 19.6. The maximum absolute atomic E-state index is 12.6. The van der Waals surface area contributed by atoms with E-state index in [1.807, 2.05) is 25.1 Å². The highest BCUT2D eigenvalue weighted by molar-refractivity contribution is 7.89. The number of amides is 1. The predicted octanol–water partition coefficient (Wildman–Crippen LogP) is 4.12. The maximum Gasteiger partial charge on any atom is 0.240 e. The van der Waals surface area contributed by atoms with E-state index >= 15 is 0 Å². The molecular formula is C25H34N2O5S. The van der Waals surface area contributed by atoms with Crippen LogP contribution in [0.1, 0.15) is 62.6 Å². The monoisotopic (exact) mass is 474 g/mol. The Kier molecular flexibility index (Phi) is 8.74. The van der Waals surface area contributed by atoms with Gasteiger partial charge in [0.1, 0.15) is 0 Å². The standard InChI is InChI=1S/C25H34N2O5S/c1-18(20-12-15-23(31-2)24(17-20)32-3)26-25(28)16-11-19-9-13-22(14-10-19)33(29,30)27-21-7-5-4-6-8-21/h9-10,12-15,17-18,21,27H,4-8,11,16H2,1-3H3,(H,26,28)/t18-/m0/s1. The molecule has 0 aliphatic heterocycles. The van der Waals surface area contributed by atoms with E-state index in [4.69, 9.17) is 9.47 Å². The van der Waals surface area contributed by atoms with Crippen molar-refractivity contribution >= 4 is 15.9 Å². The number of nitrogens with one attached hydrogen (secondary N) is 2. The molecule has 8 heteroatoms. The van der Waals surface area contributed by atoms with Gasteiger partial charge in [0.2, 0.25) is 15.9 Å². The first-order valence-electron chi connectivity index (χ1n) is 11.4. The molecule has 3 rings (SSSR count). The molecule has 0 bridgehead atoms. The van der Waals surface area contributed by atoms with Crippen molar-refractivity contribution in [2.75, 3.05) is 14.2 Å². The number of rotatable bonds is 10. The second-order valence-corrected chi connectivity index (χ2v) is 10.2. The number of ether oxygens (including phenoxy) is 2. The van der Waals surface area contributed by atoms with Crippen molar-refractivity contribution in [1.82, 2.24) is 10.0 Å². The number of aryl methyl sites for hydroxylation is 1. The number of methoxy groups -OCH3 is 2. The quantitative estimate of drug-likeness (QED) is 0.540. The molecule has 0 aromatic heterocycles. The maximum atomic E-state index is 12.6. The summed E-state index contributed by atoms with van der Waals surface area (Å²) in [6.45, 7) is 1.91. The van der Waals surface area contributed by atoms with Gasteiger partial charge in [-0.25, -0.2) is 13.1 Å². The van der Waals surface area contributed by atoms with Crippen LogP contribution in [0.15, 0.2) is 47.4 Å². The Balaban J connectivity index is 1.52. The molecule has 33 heavy (non-hydrogen) atoms. The first kappa shape index (κ1) is 25.1. The van der Waals surface area contributed by atoms with Gasteiger partial charge in [-0.3, -0.25) is 4.79 Å². The predicted molar refractivity (Wildman–Crippen MR) is 128 cm³/mol. The van der Waals surface area contributed by atoms with Crippen molar-refractivity contribution < 1.29 is 22.7 Å². The van der Waals surface area contributed by atoms with E-state index in [1.54, 1.807) is 38.5 Å². The van der Waals surface area contributed by atoms with Gasteiger partial charge in [0, 0.05) is 12.5 Å². The van der Waals surface area contributed by atoms with Crippen LogP contribution in [0.3, 0.4) is 0 Å². The molecule has 1 fully saturated rings. The lowest BCUT2D eigenvalue weighted by molar-refractivity contribution is -0.121. The lowest BCUT2D eigenvalue weighted by Gasteiger charge is -2.22. The number of hydrogen-bond donors (Lipinski definition) is 2. The van der Waals surface area contributed by atoms with E-state index in [0.717, 1.165) is 36.8 Å². The summed E-state index contributed by atoms with van der Waals surface area (Å²) in [5.74, 6) is 1.18. The van der Waals surface area contributed by atoms with Gasteiger partial charge in [-0.05, 0) is 61.6 Å². The molecule has 2 N–H and O–H groups in total. The highest BCUT2D eigenvalue weighted by atomic mass is 32.2. The molecule has 1 aliphatic rings. The molecule has 1 atom stereocenters. The van der Waals surface area contributed by atoms with E-state index in [-0.39, 0.29) is 22.9 Å². The summed E-state index contributed by atoms with van der Waals surface area (Å²) in [4.78, 5) is 12.7. The third kappa shape index (κ3) is 6.95. The smallest absolute Gasteiger partial charge is 0.240 e. The normalized spacial score (nSPS) is 15.6. The van der Waals surface area contributed by atoms with Gasteiger partial charge in [-0.2, -0.15) is 0 Å². The first-order chi connectivity index (χ1) is 15.8. The van der Waals surface area contributed by atoms with Gasteiger partial charge in [0.15, 0.2) is 11.5 Å². The van der Waals surface area contributed by atoms with Crippen molar-refractivity contribution in [1.29, 1.82) is 0 Å². The lowest BCUT2D eigenvalue weighted by atomic mass is 9.96. The Hall–Kier alpha value is -2.58. The van der Waals surface area contributed by atoms with Gasteiger partial charge in [-0.15, -0.1) is 0 Å². The Morgan fingerprint density at radius 1 is 1.00 bits per heavy atom. The largest absolute Gasteiger partial charge is 0.493 e. The zero-order chi connectivity index (χ0) is 23.8. The summed E-state index contributed by atoms with van der Waals surface area (Å²) in [5.41, 5.74) is 1.83. The van der Waals surface area contributed by atoms with Crippen LogP contribution in [-0.4, -0.2) is 34.6 Å². The number of carbonyl (C=O) groups excluding carboxylic acids is 1. The minimum absolute atomic E-state index is 0.0276. The van der Waals surface area contributed by atoms with Crippen LogP contribution in [0.25, 0.3) is 0 Å². The fourth-order valence-electron chi connectivity index (χ4n) is 4.12. The molecule has 2 aromatic rings. The molecule has 180 valence electrons. The van der Waals surface area contributed by atoms with Crippen LogP contribution >= 0.6 is 0 Å². The lowest BCUT2D eigenvalue weighted by Crippen LogP contribution is -2.36. The summed E-state index contributed by atoms with van der Waals surface area (Å²) >= 11 is 0. The third-order valence-electron chi connectivity index (χ3n) is 6.09. The molecule has 0 unspecified atom stereocenters. The van der Waals surface area contributed by atoms with Crippen LogP contribution in [-0.2, 0) is 21.2 Å². The van der Waals surface area contributed by atoms with Crippen molar-refractivity contribution in [3.05, 3.63) is 53.6 Å². The van der Waals surface area contributed by atoms with Crippen LogP contribution < -0.4 is 19.5 Å². The summed E-state index contributed by atoms with van der Waals surface area (Å²) in [7, 11) is -0.356. The number of sulfonamides is 1. The van der Waals surface area contributed by atoms with Crippen LogP contribution in [0.2, 0.25) is 0 Å². The number of benzene rings is 2. The van der Waals surface area contributed by atoms with E-state index in [2.05, 4.69) is 10.0 Å². The second kappa shape index (κ2) is 11.5. The Bertz CT molecular complexity index is 1030. The Morgan fingerprint density at radius 3 is 2.30 bits per heavy atom. The van der Waals surface area contributed by atoms with E-state index in [1.165, 1.54) is 6.42 Å². The molecule has 1 amide bonds. The topological polar surface area (TPSA) is 93.7 Å². The van der Waals surface area contributed by atoms with Crippen molar-refractivity contribution in [2.24, 2.45) is 0 Å². The van der Waals surface area contributed by atoms with Gasteiger partial charge >= 0.3 is 0 Å². The number of hydrogen-bond acceptors (Lipinski definition) is 5. The SMILES string of the molecule is COc1ccc([C@H](C)NC(=O)CCc2ccc(S(=O)(=O)NC3CCCCC3)cc2)cc1OC.